The first-order valence-corrected chi connectivity index (χ1v) is 5.35. The van der Waals surface area contributed by atoms with Crippen LogP contribution < -0.4 is 10.5 Å². The van der Waals surface area contributed by atoms with Crippen LogP contribution in [-0.4, -0.2) is 0 Å². The summed E-state index contributed by atoms with van der Waals surface area (Å²) in [7, 11) is 0. The summed E-state index contributed by atoms with van der Waals surface area (Å²) < 4.78 is 24.1. The summed E-state index contributed by atoms with van der Waals surface area (Å²) in [5.41, 5.74) is 6.37. The van der Waals surface area contributed by atoms with Gasteiger partial charge in [-0.15, -0.1) is 0 Å². The zero-order chi connectivity index (χ0) is 12.3. The first kappa shape index (κ1) is 11.7. The van der Waals surface area contributed by atoms with Crippen molar-refractivity contribution < 1.29 is 13.5 Å². The number of aryl methyl sites for hydroxylation is 1. The molecule has 0 saturated heterocycles. The minimum atomic E-state index is -0.374. The minimum Gasteiger partial charge on any atom is -0.483 e. The van der Waals surface area contributed by atoms with Crippen molar-refractivity contribution in [1.29, 1.82) is 0 Å². The summed E-state index contributed by atoms with van der Waals surface area (Å²) in [5.74, 6) is 1.18. The molecule has 1 aromatic carbocycles. The van der Waals surface area contributed by atoms with Crippen LogP contribution in [0.4, 0.5) is 4.39 Å². The van der Waals surface area contributed by atoms with Gasteiger partial charge in [0.15, 0.2) is 11.6 Å². The molecule has 3 nitrogen and oxygen atoms in total. The van der Waals surface area contributed by atoms with Crippen molar-refractivity contribution in [2.75, 3.05) is 0 Å². The molecule has 0 aliphatic heterocycles. The summed E-state index contributed by atoms with van der Waals surface area (Å²) in [5, 5.41) is 0. The molecule has 1 heterocycles. The van der Waals surface area contributed by atoms with Gasteiger partial charge in [-0.1, -0.05) is 6.07 Å². The number of furan rings is 1. The SMILES string of the molecule is Cc1ccc(F)c(OCc2ccc(CN)o2)c1. The maximum atomic E-state index is 13.4. The molecule has 0 aliphatic carbocycles. The third kappa shape index (κ3) is 2.85. The fraction of sp³-hybridized carbons (Fsp3) is 0.231. The number of rotatable bonds is 4. The van der Waals surface area contributed by atoms with E-state index in [1.165, 1.54) is 6.07 Å². The van der Waals surface area contributed by atoms with Gasteiger partial charge >= 0.3 is 0 Å². The molecule has 90 valence electrons. The normalized spacial score (nSPS) is 10.5. The molecule has 2 rings (SSSR count). The Morgan fingerprint density at radius 2 is 2.00 bits per heavy atom. The molecule has 0 aliphatic rings. The van der Waals surface area contributed by atoms with Crippen LogP contribution in [0, 0.1) is 12.7 Å². The Morgan fingerprint density at radius 1 is 1.24 bits per heavy atom. The van der Waals surface area contributed by atoms with E-state index in [1.54, 1.807) is 24.3 Å². The highest BCUT2D eigenvalue weighted by Crippen LogP contribution is 2.20. The third-order valence-electron chi connectivity index (χ3n) is 2.38. The van der Waals surface area contributed by atoms with Gasteiger partial charge in [-0.3, -0.25) is 0 Å². The summed E-state index contributed by atoms with van der Waals surface area (Å²) in [6.07, 6.45) is 0. The zero-order valence-corrected chi connectivity index (χ0v) is 9.57. The predicted molar refractivity (Wildman–Crippen MR) is 62.1 cm³/mol. The summed E-state index contributed by atoms with van der Waals surface area (Å²) in [6, 6.07) is 8.29. The molecule has 0 radical (unpaired) electrons. The number of halogens is 1. The molecule has 1 aromatic heterocycles. The molecule has 4 heteroatoms. The van der Waals surface area contributed by atoms with Crippen LogP contribution >= 0.6 is 0 Å². The van der Waals surface area contributed by atoms with Gasteiger partial charge in [-0.25, -0.2) is 4.39 Å². The quantitative estimate of drug-likeness (QED) is 0.886. The minimum absolute atomic E-state index is 0.195. The van der Waals surface area contributed by atoms with Gasteiger partial charge in [0, 0.05) is 0 Å². The lowest BCUT2D eigenvalue weighted by atomic mass is 10.2. The van der Waals surface area contributed by atoms with Gasteiger partial charge in [-0.05, 0) is 36.8 Å². The first-order chi connectivity index (χ1) is 8.19. The van der Waals surface area contributed by atoms with Crippen LogP contribution in [0.3, 0.4) is 0 Å². The van der Waals surface area contributed by atoms with Crippen molar-refractivity contribution in [3.63, 3.8) is 0 Å². The average molecular weight is 235 g/mol. The molecule has 17 heavy (non-hydrogen) atoms. The Balaban J connectivity index is 2.04. The number of hydrogen-bond donors (Lipinski definition) is 1. The third-order valence-corrected chi connectivity index (χ3v) is 2.38. The Labute approximate surface area is 99.0 Å². The molecule has 2 aromatic rings. The summed E-state index contributed by atoms with van der Waals surface area (Å²) in [4.78, 5) is 0. The highest BCUT2D eigenvalue weighted by atomic mass is 19.1. The van der Waals surface area contributed by atoms with Gasteiger partial charge < -0.3 is 14.9 Å². The summed E-state index contributed by atoms with van der Waals surface area (Å²) in [6.45, 7) is 2.42. The van der Waals surface area contributed by atoms with Gasteiger partial charge in [0.1, 0.15) is 18.1 Å². The number of hydrogen-bond acceptors (Lipinski definition) is 3. The van der Waals surface area contributed by atoms with Crippen LogP contribution in [0.25, 0.3) is 0 Å². The van der Waals surface area contributed by atoms with Crippen LogP contribution in [0.1, 0.15) is 17.1 Å². The Morgan fingerprint density at radius 3 is 2.71 bits per heavy atom. The lowest BCUT2D eigenvalue weighted by Crippen LogP contribution is -1.97. The Hall–Kier alpha value is -1.81. The van der Waals surface area contributed by atoms with Crippen molar-refractivity contribution in [1.82, 2.24) is 0 Å². The van der Waals surface area contributed by atoms with Gasteiger partial charge in [0.25, 0.3) is 0 Å². The van der Waals surface area contributed by atoms with E-state index < -0.39 is 0 Å². The van der Waals surface area contributed by atoms with Gasteiger partial charge in [-0.2, -0.15) is 0 Å². The second kappa shape index (κ2) is 5.01. The van der Waals surface area contributed by atoms with E-state index in [4.69, 9.17) is 14.9 Å². The smallest absolute Gasteiger partial charge is 0.165 e. The van der Waals surface area contributed by atoms with Crippen molar-refractivity contribution in [2.45, 2.75) is 20.1 Å². The fourth-order valence-corrected chi connectivity index (χ4v) is 1.48. The Bertz CT molecular complexity index is 508. The predicted octanol–water partition coefficient (Wildman–Crippen LogP) is 2.76. The molecule has 0 saturated carbocycles. The zero-order valence-electron chi connectivity index (χ0n) is 9.57. The molecule has 0 fully saturated rings. The number of nitrogens with two attached hydrogens (primary N) is 1. The second-order valence-electron chi connectivity index (χ2n) is 3.79. The Kier molecular flexibility index (Phi) is 3.44. The van der Waals surface area contributed by atoms with E-state index in [9.17, 15) is 4.39 Å². The number of ether oxygens (including phenoxy) is 1. The lowest BCUT2D eigenvalue weighted by molar-refractivity contribution is 0.255. The molecular weight excluding hydrogens is 221 g/mol. The van der Waals surface area contributed by atoms with Crippen molar-refractivity contribution >= 4 is 0 Å². The van der Waals surface area contributed by atoms with Crippen LogP contribution in [0.5, 0.6) is 5.75 Å². The standard InChI is InChI=1S/C13H14FNO2/c1-9-2-5-12(14)13(6-9)16-8-11-4-3-10(7-15)17-11/h2-6H,7-8,15H2,1H3. The molecule has 0 atom stereocenters. The second-order valence-corrected chi connectivity index (χ2v) is 3.79. The van der Waals surface area contributed by atoms with Crippen LogP contribution in [0.2, 0.25) is 0 Å². The summed E-state index contributed by atoms with van der Waals surface area (Å²) >= 11 is 0. The molecule has 2 N–H and O–H groups in total. The van der Waals surface area contributed by atoms with Crippen LogP contribution in [0.15, 0.2) is 34.7 Å². The van der Waals surface area contributed by atoms with Crippen molar-refractivity contribution in [2.24, 2.45) is 5.73 Å². The van der Waals surface area contributed by atoms with E-state index in [2.05, 4.69) is 0 Å². The van der Waals surface area contributed by atoms with Gasteiger partial charge in [0.05, 0.1) is 6.54 Å². The van der Waals surface area contributed by atoms with Crippen molar-refractivity contribution in [3.05, 3.63) is 53.2 Å². The molecule has 0 amide bonds. The highest BCUT2D eigenvalue weighted by Gasteiger charge is 2.06. The molecule has 0 bridgehead atoms. The largest absolute Gasteiger partial charge is 0.483 e. The van der Waals surface area contributed by atoms with Crippen molar-refractivity contribution in [3.8, 4) is 5.75 Å². The highest BCUT2D eigenvalue weighted by molar-refractivity contribution is 5.29. The van der Waals surface area contributed by atoms with E-state index in [0.29, 0.717) is 18.1 Å². The van der Waals surface area contributed by atoms with E-state index in [0.717, 1.165) is 5.56 Å². The average Bonchev–Trinajstić information content (AvgIpc) is 2.78. The molecule has 0 unspecified atom stereocenters. The van der Waals surface area contributed by atoms with E-state index in [1.807, 2.05) is 6.92 Å². The molecular formula is C13H14FNO2. The molecule has 0 spiro atoms. The fourth-order valence-electron chi connectivity index (χ4n) is 1.48. The van der Waals surface area contributed by atoms with E-state index >= 15 is 0 Å². The number of benzene rings is 1. The lowest BCUT2D eigenvalue weighted by Gasteiger charge is -2.06. The van der Waals surface area contributed by atoms with Crippen LogP contribution in [-0.2, 0) is 13.2 Å². The maximum Gasteiger partial charge on any atom is 0.165 e. The topological polar surface area (TPSA) is 48.4 Å². The van der Waals surface area contributed by atoms with E-state index in [-0.39, 0.29) is 18.2 Å². The van der Waals surface area contributed by atoms with Gasteiger partial charge in [0.2, 0.25) is 0 Å². The monoisotopic (exact) mass is 235 g/mol. The first-order valence-electron chi connectivity index (χ1n) is 5.35. The maximum absolute atomic E-state index is 13.4.